The number of carbonyl (C=O) groups excluding carboxylic acids is 1. The molecule has 0 atom stereocenters. The smallest absolute Gasteiger partial charge is 0.422 e. The maximum absolute atomic E-state index is 12.9. The number of para-hydroxylation sites is 2. The SMILES string of the molecule is Cc1nc(C2CC2)nc2sc(C(=O)Nc3ccccc3OCC(F)(F)F)c(C)c12. The van der Waals surface area contributed by atoms with Gasteiger partial charge in [0.15, 0.2) is 6.61 Å². The van der Waals surface area contributed by atoms with E-state index in [1.54, 1.807) is 12.1 Å². The summed E-state index contributed by atoms with van der Waals surface area (Å²) in [5.74, 6) is 0.759. The normalized spacial score (nSPS) is 14.2. The van der Waals surface area contributed by atoms with Crippen molar-refractivity contribution in [3.8, 4) is 5.75 Å². The summed E-state index contributed by atoms with van der Waals surface area (Å²) < 4.78 is 42.3. The molecule has 2 heterocycles. The molecule has 1 amide bonds. The molecule has 0 radical (unpaired) electrons. The van der Waals surface area contributed by atoms with Crippen LogP contribution in [0.3, 0.4) is 0 Å². The van der Waals surface area contributed by atoms with E-state index in [0.29, 0.717) is 10.8 Å². The molecule has 0 unspecified atom stereocenters. The minimum atomic E-state index is -4.46. The van der Waals surface area contributed by atoms with Crippen LogP contribution in [0.4, 0.5) is 18.9 Å². The third kappa shape index (κ3) is 4.19. The Labute approximate surface area is 168 Å². The second kappa shape index (κ2) is 7.29. The molecule has 1 aliphatic rings. The fraction of sp³-hybridized carbons (Fsp3) is 0.350. The van der Waals surface area contributed by atoms with E-state index >= 15 is 0 Å². The van der Waals surface area contributed by atoms with Gasteiger partial charge in [-0.25, -0.2) is 9.97 Å². The first-order valence-corrected chi connectivity index (χ1v) is 9.92. The lowest BCUT2D eigenvalue weighted by atomic mass is 10.1. The minimum absolute atomic E-state index is 0.0380. The van der Waals surface area contributed by atoms with Crippen LogP contribution in [-0.2, 0) is 0 Å². The van der Waals surface area contributed by atoms with Crippen molar-refractivity contribution in [2.24, 2.45) is 0 Å². The number of fused-ring (bicyclic) bond motifs is 1. The highest BCUT2D eigenvalue weighted by atomic mass is 32.1. The predicted octanol–water partition coefficient (Wildman–Crippen LogP) is 5.38. The Bertz CT molecular complexity index is 1090. The number of aromatic nitrogens is 2. The van der Waals surface area contributed by atoms with Crippen LogP contribution in [0.1, 0.15) is 45.5 Å². The van der Waals surface area contributed by atoms with Gasteiger partial charge in [0.05, 0.1) is 16.3 Å². The summed E-state index contributed by atoms with van der Waals surface area (Å²) in [6.07, 6.45) is -2.30. The molecule has 0 spiro atoms. The zero-order valence-corrected chi connectivity index (χ0v) is 16.6. The number of halogens is 3. The third-order valence-corrected chi connectivity index (χ3v) is 5.85. The highest BCUT2D eigenvalue weighted by molar-refractivity contribution is 7.20. The van der Waals surface area contributed by atoms with Crippen molar-refractivity contribution in [3.05, 3.63) is 46.2 Å². The first-order chi connectivity index (χ1) is 13.7. The van der Waals surface area contributed by atoms with Gasteiger partial charge in [0, 0.05) is 11.3 Å². The minimum Gasteiger partial charge on any atom is -0.482 e. The molecule has 152 valence electrons. The van der Waals surface area contributed by atoms with Gasteiger partial charge >= 0.3 is 6.18 Å². The van der Waals surface area contributed by atoms with Crippen molar-refractivity contribution in [3.63, 3.8) is 0 Å². The molecule has 1 N–H and O–H groups in total. The number of rotatable bonds is 5. The fourth-order valence-corrected chi connectivity index (χ4v) is 4.27. The van der Waals surface area contributed by atoms with Crippen LogP contribution in [0.25, 0.3) is 10.2 Å². The topological polar surface area (TPSA) is 64.1 Å². The van der Waals surface area contributed by atoms with E-state index in [9.17, 15) is 18.0 Å². The lowest BCUT2D eigenvalue weighted by molar-refractivity contribution is -0.153. The van der Waals surface area contributed by atoms with Crippen LogP contribution in [0, 0.1) is 13.8 Å². The Balaban J connectivity index is 1.62. The summed E-state index contributed by atoms with van der Waals surface area (Å²) in [7, 11) is 0. The molecule has 1 aromatic carbocycles. The molecule has 9 heteroatoms. The molecular weight excluding hydrogens is 403 g/mol. The molecule has 4 rings (SSSR count). The molecule has 1 fully saturated rings. The summed E-state index contributed by atoms with van der Waals surface area (Å²) in [6, 6.07) is 6.05. The second-order valence-corrected chi connectivity index (χ2v) is 8.03. The van der Waals surface area contributed by atoms with Crippen molar-refractivity contribution >= 4 is 33.1 Å². The van der Waals surface area contributed by atoms with Gasteiger partial charge in [0.2, 0.25) is 0 Å². The Morgan fingerprint density at radius 3 is 2.66 bits per heavy atom. The van der Waals surface area contributed by atoms with E-state index in [0.717, 1.165) is 40.1 Å². The monoisotopic (exact) mass is 421 g/mol. The number of amides is 1. The number of hydrogen-bond donors (Lipinski definition) is 1. The van der Waals surface area contributed by atoms with Crippen molar-refractivity contribution in [2.45, 2.75) is 38.8 Å². The summed E-state index contributed by atoms with van der Waals surface area (Å²) in [6.45, 7) is 2.30. The van der Waals surface area contributed by atoms with Crippen LogP contribution in [0.5, 0.6) is 5.75 Å². The molecule has 0 saturated heterocycles. The summed E-state index contributed by atoms with van der Waals surface area (Å²) in [5, 5.41) is 3.52. The van der Waals surface area contributed by atoms with Gasteiger partial charge in [-0.1, -0.05) is 12.1 Å². The Morgan fingerprint density at radius 2 is 1.97 bits per heavy atom. The van der Waals surface area contributed by atoms with E-state index in [-0.39, 0.29) is 11.4 Å². The van der Waals surface area contributed by atoms with Gasteiger partial charge in [0.25, 0.3) is 5.91 Å². The van der Waals surface area contributed by atoms with Crippen molar-refractivity contribution in [2.75, 3.05) is 11.9 Å². The quantitative estimate of drug-likeness (QED) is 0.601. The summed E-state index contributed by atoms with van der Waals surface area (Å²) >= 11 is 1.26. The van der Waals surface area contributed by atoms with Crippen molar-refractivity contribution in [1.29, 1.82) is 0 Å². The van der Waals surface area contributed by atoms with E-state index in [1.165, 1.54) is 23.5 Å². The van der Waals surface area contributed by atoms with Gasteiger partial charge in [-0.3, -0.25) is 4.79 Å². The molecule has 2 aromatic heterocycles. The Morgan fingerprint density at radius 1 is 1.24 bits per heavy atom. The van der Waals surface area contributed by atoms with Gasteiger partial charge in [-0.05, 0) is 44.4 Å². The largest absolute Gasteiger partial charge is 0.482 e. The maximum Gasteiger partial charge on any atom is 0.422 e. The molecular formula is C20H18F3N3O2S. The van der Waals surface area contributed by atoms with Gasteiger partial charge in [0.1, 0.15) is 16.4 Å². The zero-order chi connectivity index (χ0) is 20.8. The highest BCUT2D eigenvalue weighted by Crippen LogP contribution is 2.40. The number of alkyl halides is 3. The van der Waals surface area contributed by atoms with Gasteiger partial charge < -0.3 is 10.1 Å². The molecule has 29 heavy (non-hydrogen) atoms. The van der Waals surface area contributed by atoms with Crippen LogP contribution >= 0.6 is 11.3 Å². The predicted molar refractivity (Wildman–Crippen MR) is 105 cm³/mol. The highest BCUT2D eigenvalue weighted by Gasteiger charge is 2.30. The van der Waals surface area contributed by atoms with Crippen LogP contribution < -0.4 is 10.1 Å². The Kier molecular flexibility index (Phi) is 4.94. The van der Waals surface area contributed by atoms with Gasteiger partial charge in [-0.15, -0.1) is 11.3 Å². The van der Waals surface area contributed by atoms with Crippen molar-refractivity contribution < 1.29 is 22.7 Å². The number of benzene rings is 1. The number of anilines is 1. The number of nitrogens with one attached hydrogen (secondary N) is 1. The van der Waals surface area contributed by atoms with Crippen LogP contribution in [0.2, 0.25) is 0 Å². The van der Waals surface area contributed by atoms with Crippen molar-refractivity contribution in [1.82, 2.24) is 9.97 Å². The first-order valence-electron chi connectivity index (χ1n) is 9.10. The lowest BCUT2D eigenvalue weighted by Crippen LogP contribution is -2.20. The number of ether oxygens (including phenoxy) is 1. The summed E-state index contributed by atoms with van der Waals surface area (Å²) in [5.41, 5.74) is 1.77. The molecule has 5 nitrogen and oxygen atoms in total. The summed E-state index contributed by atoms with van der Waals surface area (Å²) in [4.78, 5) is 23.3. The van der Waals surface area contributed by atoms with Crippen LogP contribution in [-0.4, -0.2) is 28.7 Å². The molecule has 0 bridgehead atoms. The zero-order valence-electron chi connectivity index (χ0n) is 15.8. The Hall–Kier alpha value is -2.68. The maximum atomic E-state index is 12.9. The van der Waals surface area contributed by atoms with E-state index in [1.807, 2.05) is 13.8 Å². The number of carbonyl (C=O) groups is 1. The lowest BCUT2D eigenvalue weighted by Gasteiger charge is -2.13. The van der Waals surface area contributed by atoms with E-state index in [4.69, 9.17) is 4.74 Å². The second-order valence-electron chi connectivity index (χ2n) is 7.03. The molecule has 3 aromatic rings. The average molecular weight is 421 g/mol. The average Bonchev–Trinajstić information content (AvgIpc) is 3.44. The molecule has 1 saturated carbocycles. The van der Waals surface area contributed by atoms with E-state index < -0.39 is 18.7 Å². The fourth-order valence-electron chi connectivity index (χ4n) is 3.13. The van der Waals surface area contributed by atoms with E-state index in [2.05, 4.69) is 15.3 Å². The number of hydrogen-bond acceptors (Lipinski definition) is 5. The number of nitrogens with zero attached hydrogens (tertiary/aromatic N) is 2. The molecule has 1 aliphatic carbocycles. The van der Waals surface area contributed by atoms with Gasteiger partial charge in [-0.2, -0.15) is 13.2 Å². The number of thiophene rings is 1. The molecule has 0 aliphatic heterocycles. The number of aryl methyl sites for hydroxylation is 2. The first kappa shape index (κ1) is 19.6. The van der Waals surface area contributed by atoms with Crippen LogP contribution in [0.15, 0.2) is 24.3 Å². The standard InChI is InChI=1S/C20H18F3N3O2S/c1-10-15-11(2)24-17(12-7-8-12)26-19(15)29-16(10)18(27)25-13-5-3-4-6-14(13)28-9-20(21,22)23/h3-6,12H,7-9H2,1-2H3,(H,25,27). The third-order valence-electron chi connectivity index (χ3n) is 4.66.